The van der Waals surface area contributed by atoms with Crippen molar-refractivity contribution in [3.05, 3.63) is 57.3 Å². The van der Waals surface area contributed by atoms with E-state index >= 15 is 0 Å². The van der Waals surface area contributed by atoms with Crippen molar-refractivity contribution in [1.82, 2.24) is 4.98 Å². The quantitative estimate of drug-likeness (QED) is 0.362. The summed E-state index contributed by atoms with van der Waals surface area (Å²) in [7, 11) is 1.26. The Kier molecular flexibility index (Phi) is 3.57. The lowest BCUT2D eigenvalue weighted by atomic mass is 9.95. The largest absolute Gasteiger partial charge is 0.465 e. The molecule has 0 N–H and O–H groups in total. The van der Waals surface area contributed by atoms with Gasteiger partial charge < -0.3 is 4.74 Å². The number of benzene rings is 1. The second-order valence-electron chi connectivity index (χ2n) is 4.86. The molecule has 0 fully saturated rings. The van der Waals surface area contributed by atoms with Crippen LogP contribution in [0, 0.1) is 10.1 Å². The van der Waals surface area contributed by atoms with Crippen molar-refractivity contribution in [2.75, 3.05) is 7.11 Å². The number of ether oxygens (including phenoxy) is 1. The number of Topliss-reactive ketones (excluding diaryl/α,β-unsaturated/α-hetero) is 1. The number of methoxy groups -OCH3 is 1. The molecular weight excluding hydrogens is 324 g/mol. The number of pyridine rings is 1. The van der Waals surface area contributed by atoms with E-state index in [0.29, 0.717) is 10.9 Å². The van der Waals surface area contributed by atoms with Crippen molar-refractivity contribution in [1.29, 1.82) is 0 Å². The Labute approximate surface area is 134 Å². The van der Waals surface area contributed by atoms with E-state index in [4.69, 9.17) is 11.6 Å². The number of carbonyl (C=O) groups excluding carboxylic acids is 2. The number of ketones is 1. The van der Waals surface area contributed by atoms with Crippen LogP contribution in [0.2, 0.25) is 0 Å². The number of hydrogen-bond donors (Lipinski definition) is 0. The van der Waals surface area contributed by atoms with Gasteiger partial charge in [0.15, 0.2) is 11.5 Å². The number of rotatable bonds is 2. The number of fused-ring (bicyclic) bond motifs is 2. The molecule has 0 spiro atoms. The summed E-state index contributed by atoms with van der Waals surface area (Å²) in [5.74, 6) is -0.998. The fraction of sp³-hybridized carbons (Fsp3) is 0.133. The zero-order valence-electron chi connectivity index (χ0n) is 11.8. The molecule has 1 aromatic heterocycles. The first-order valence-electron chi connectivity index (χ1n) is 6.50. The lowest BCUT2D eigenvalue weighted by Crippen LogP contribution is -2.22. The standard InChI is InChI=1S/C15H9ClN2O5/c1-23-15(20)7-2-3-11-8(4-7)5-9-13(17-11)12(18(21)22)6-10(16)14(9)19/h2-6,10H,1H3. The maximum absolute atomic E-state index is 12.2. The van der Waals surface area contributed by atoms with Gasteiger partial charge in [0.2, 0.25) is 0 Å². The first-order chi connectivity index (χ1) is 10.9. The van der Waals surface area contributed by atoms with Crippen molar-refractivity contribution < 1.29 is 19.2 Å². The number of allylic oxidation sites excluding steroid dienone is 1. The van der Waals surface area contributed by atoms with Crippen LogP contribution in [0.4, 0.5) is 0 Å². The van der Waals surface area contributed by atoms with Gasteiger partial charge in [-0.05, 0) is 24.3 Å². The first kappa shape index (κ1) is 15.1. The molecule has 116 valence electrons. The van der Waals surface area contributed by atoms with Gasteiger partial charge >= 0.3 is 5.97 Å². The highest BCUT2D eigenvalue weighted by molar-refractivity contribution is 6.37. The van der Waals surface area contributed by atoms with E-state index in [1.165, 1.54) is 31.4 Å². The molecule has 0 saturated heterocycles. The number of carbonyl (C=O) groups is 2. The summed E-state index contributed by atoms with van der Waals surface area (Å²) in [4.78, 5) is 38.5. The van der Waals surface area contributed by atoms with E-state index in [-0.39, 0.29) is 22.5 Å². The van der Waals surface area contributed by atoms with E-state index in [9.17, 15) is 19.7 Å². The zero-order valence-corrected chi connectivity index (χ0v) is 12.5. The summed E-state index contributed by atoms with van der Waals surface area (Å²) < 4.78 is 4.64. The summed E-state index contributed by atoms with van der Waals surface area (Å²) in [6.07, 6.45) is 1.08. The minimum Gasteiger partial charge on any atom is -0.465 e. The number of nitro groups is 1. The third-order valence-electron chi connectivity index (χ3n) is 3.50. The van der Waals surface area contributed by atoms with Gasteiger partial charge in [0.25, 0.3) is 5.70 Å². The molecule has 23 heavy (non-hydrogen) atoms. The van der Waals surface area contributed by atoms with Crippen molar-refractivity contribution in [3.8, 4) is 0 Å². The molecule has 2 aromatic rings. The van der Waals surface area contributed by atoms with Crippen molar-refractivity contribution in [2.24, 2.45) is 0 Å². The minimum atomic E-state index is -1.12. The predicted octanol–water partition coefficient (Wildman–Crippen LogP) is 2.44. The molecule has 0 aliphatic heterocycles. The van der Waals surface area contributed by atoms with Crippen LogP contribution in [0.1, 0.15) is 26.4 Å². The average Bonchev–Trinajstić information content (AvgIpc) is 2.55. The van der Waals surface area contributed by atoms with Gasteiger partial charge in [-0.3, -0.25) is 14.9 Å². The molecule has 1 heterocycles. The second kappa shape index (κ2) is 5.44. The molecular formula is C15H9ClN2O5. The Hall–Kier alpha value is -2.80. The molecule has 1 aliphatic carbocycles. The number of aromatic nitrogens is 1. The molecule has 0 saturated carbocycles. The van der Waals surface area contributed by atoms with Crippen molar-refractivity contribution >= 4 is 40.0 Å². The Morgan fingerprint density at radius 2 is 2.13 bits per heavy atom. The van der Waals surface area contributed by atoms with Crippen LogP contribution in [-0.2, 0) is 4.74 Å². The van der Waals surface area contributed by atoms with E-state index in [2.05, 4.69) is 9.72 Å². The summed E-state index contributed by atoms with van der Waals surface area (Å²) in [6, 6.07) is 6.00. The molecule has 1 atom stereocenters. The van der Waals surface area contributed by atoms with Crippen LogP contribution in [-0.4, -0.2) is 34.1 Å². The number of esters is 1. The summed E-state index contributed by atoms with van der Waals surface area (Å²) >= 11 is 5.86. The molecule has 1 aliphatic rings. The monoisotopic (exact) mass is 332 g/mol. The maximum Gasteiger partial charge on any atom is 0.337 e. The Morgan fingerprint density at radius 3 is 2.78 bits per heavy atom. The molecule has 0 radical (unpaired) electrons. The normalized spacial score (nSPS) is 16.7. The number of alkyl halides is 1. The van der Waals surface area contributed by atoms with E-state index in [1.54, 1.807) is 0 Å². The van der Waals surface area contributed by atoms with Gasteiger partial charge in [-0.15, -0.1) is 11.6 Å². The van der Waals surface area contributed by atoms with Gasteiger partial charge in [0.05, 0.1) is 28.7 Å². The summed E-state index contributed by atoms with van der Waals surface area (Å²) in [5.41, 5.74) is 0.449. The molecule has 7 nitrogen and oxygen atoms in total. The molecule has 0 bridgehead atoms. The van der Waals surface area contributed by atoms with Gasteiger partial charge in [-0.1, -0.05) is 0 Å². The summed E-state index contributed by atoms with van der Waals surface area (Å²) in [5, 5.41) is 10.5. The second-order valence-corrected chi connectivity index (χ2v) is 5.33. The molecule has 1 unspecified atom stereocenters. The Bertz CT molecular complexity index is 906. The highest BCUT2D eigenvalue weighted by Crippen LogP contribution is 2.30. The predicted molar refractivity (Wildman–Crippen MR) is 82.0 cm³/mol. The van der Waals surface area contributed by atoms with Crippen LogP contribution in [0.5, 0.6) is 0 Å². The smallest absolute Gasteiger partial charge is 0.337 e. The third kappa shape index (κ3) is 2.44. The fourth-order valence-corrected chi connectivity index (χ4v) is 2.63. The molecule has 8 heteroatoms. The number of halogens is 1. The lowest BCUT2D eigenvalue weighted by Gasteiger charge is -2.14. The van der Waals surface area contributed by atoms with E-state index < -0.39 is 22.1 Å². The Morgan fingerprint density at radius 1 is 1.39 bits per heavy atom. The first-order valence-corrected chi connectivity index (χ1v) is 6.94. The van der Waals surface area contributed by atoms with E-state index in [0.717, 1.165) is 6.08 Å². The van der Waals surface area contributed by atoms with Crippen LogP contribution in [0.25, 0.3) is 16.6 Å². The topological polar surface area (TPSA) is 99.4 Å². The highest BCUT2D eigenvalue weighted by atomic mass is 35.5. The zero-order chi connectivity index (χ0) is 16.7. The van der Waals surface area contributed by atoms with E-state index in [1.807, 2.05) is 0 Å². The van der Waals surface area contributed by atoms with Crippen LogP contribution < -0.4 is 0 Å². The average molecular weight is 333 g/mol. The third-order valence-corrected chi connectivity index (χ3v) is 3.82. The van der Waals surface area contributed by atoms with Gasteiger partial charge in [-0.2, -0.15) is 0 Å². The van der Waals surface area contributed by atoms with Crippen molar-refractivity contribution in [2.45, 2.75) is 5.38 Å². The minimum absolute atomic E-state index is 0.0183. The molecule has 3 rings (SSSR count). The SMILES string of the molecule is COC(=O)c1ccc2nc3c(cc2c1)C(=O)C(Cl)C=C3[N+](=O)[O-]. The van der Waals surface area contributed by atoms with Crippen LogP contribution >= 0.6 is 11.6 Å². The van der Waals surface area contributed by atoms with Crippen LogP contribution in [0.15, 0.2) is 30.3 Å². The molecule has 0 amide bonds. The lowest BCUT2D eigenvalue weighted by molar-refractivity contribution is -0.376. The van der Waals surface area contributed by atoms with Crippen LogP contribution in [0.3, 0.4) is 0 Å². The fourth-order valence-electron chi connectivity index (χ4n) is 2.39. The van der Waals surface area contributed by atoms with Gasteiger partial charge in [0.1, 0.15) is 5.38 Å². The Balaban J connectivity index is 2.26. The van der Waals surface area contributed by atoms with Gasteiger partial charge in [-0.25, -0.2) is 9.78 Å². The van der Waals surface area contributed by atoms with Crippen molar-refractivity contribution in [3.63, 3.8) is 0 Å². The summed E-state index contributed by atoms with van der Waals surface area (Å²) in [6.45, 7) is 0. The van der Waals surface area contributed by atoms with Gasteiger partial charge in [0, 0.05) is 11.5 Å². The number of nitrogens with zero attached hydrogens (tertiary/aromatic N) is 2. The highest BCUT2D eigenvalue weighted by Gasteiger charge is 2.34. The number of hydrogen-bond acceptors (Lipinski definition) is 6. The maximum atomic E-state index is 12.2. The molecule has 1 aromatic carbocycles.